The molecule has 2 amide bonds. The maximum atomic E-state index is 13.2. The molecule has 0 aliphatic carbocycles. The van der Waals surface area contributed by atoms with Gasteiger partial charge in [0.05, 0.1) is 24.5 Å². The highest BCUT2D eigenvalue weighted by Crippen LogP contribution is 2.54. The molecule has 4 unspecified atom stereocenters. The largest absolute Gasteiger partial charge is 0.422 e. The molecular weight excluding hydrogens is 366 g/mol. The second kappa shape index (κ2) is 6.56. The van der Waals surface area contributed by atoms with Crippen molar-refractivity contribution in [2.24, 2.45) is 11.8 Å². The lowest BCUT2D eigenvalue weighted by Crippen LogP contribution is -2.52. The Balaban J connectivity index is 1.67. The number of hydrogen-bond acceptors (Lipinski definition) is 7. The van der Waals surface area contributed by atoms with E-state index in [2.05, 4.69) is 0 Å². The number of imide groups is 1. The van der Waals surface area contributed by atoms with Gasteiger partial charge in [0.25, 0.3) is 6.29 Å². The summed E-state index contributed by atoms with van der Waals surface area (Å²) in [7, 11) is 0. The van der Waals surface area contributed by atoms with Crippen molar-refractivity contribution in [2.45, 2.75) is 38.4 Å². The zero-order valence-electron chi connectivity index (χ0n) is 15.4. The summed E-state index contributed by atoms with van der Waals surface area (Å²) in [5.74, 6) is -3.84. The van der Waals surface area contributed by atoms with E-state index in [-0.39, 0.29) is 12.5 Å². The molecule has 0 aromatic heterocycles. The number of amides is 2. The number of benzene rings is 1. The van der Waals surface area contributed by atoms with Crippen LogP contribution in [0.15, 0.2) is 42.5 Å². The predicted octanol–water partition coefficient (Wildman–Crippen LogP) is 0.947. The first-order valence-corrected chi connectivity index (χ1v) is 8.94. The minimum absolute atomic E-state index is 0.139. The molecule has 0 N–H and O–H groups in total. The van der Waals surface area contributed by atoms with Crippen molar-refractivity contribution >= 4 is 23.8 Å². The standard InChI is InChI=1S/C20H19NO7/c1-11(22)26-19(27-12(2)23)20-9-8-14(28-20)15-16(20)18(25)21(17(15)24)10-13-6-4-3-5-7-13/h3-9,14-16,19H,10H2,1-2H3. The Labute approximate surface area is 161 Å². The normalized spacial score (nSPS) is 30.1. The smallest absolute Gasteiger partial charge is 0.305 e. The van der Waals surface area contributed by atoms with E-state index in [4.69, 9.17) is 14.2 Å². The highest BCUT2D eigenvalue weighted by molar-refractivity contribution is 6.07. The van der Waals surface area contributed by atoms with E-state index in [1.807, 2.05) is 30.3 Å². The van der Waals surface area contributed by atoms with Gasteiger partial charge in [0.2, 0.25) is 11.8 Å². The third-order valence-electron chi connectivity index (χ3n) is 5.27. The Kier molecular flexibility index (Phi) is 4.30. The molecule has 4 rings (SSSR count). The van der Waals surface area contributed by atoms with E-state index in [1.165, 1.54) is 18.7 Å². The van der Waals surface area contributed by atoms with Gasteiger partial charge in [-0.25, -0.2) is 0 Å². The second-order valence-electron chi connectivity index (χ2n) is 7.10. The van der Waals surface area contributed by atoms with Crippen molar-refractivity contribution in [1.82, 2.24) is 4.90 Å². The molecule has 2 fully saturated rings. The van der Waals surface area contributed by atoms with Crippen LogP contribution in [0.1, 0.15) is 19.4 Å². The summed E-state index contributed by atoms with van der Waals surface area (Å²) in [5, 5.41) is 0. The molecule has 28 heavy (non-hydrogen) atoms. The summed E-state index contributed by atoms with van der Waals surface area (Å²) < 4.78 is 16.2. The van der Waals surface area contributed by atoms with Gasteiger partial charge in [0.1, 0.15) is 0 Å². The van der Waals surface area contributed by atoms with E-state index >= 15 is 0 Å². The van der Waals surface area contributed by atoms with Crippen LogP contribution in [0.4, 0.5) is 0 Å². The van der Waals surface area contributed by atoms with Gasteiger partial charge in [0.15, 0.2) is 5.60 Å². The van der Waals surface area contributed by atoms with Crippen LogP contribution in [0, 0.1) is 11.8 Å². The average Bonchev–Trinajstić information content (AvgIpc) is 3.29. The molecule has 4 atom stereocenters. The SMILES string of the molecule is CC(=O)OC(OC(C)=O)C12C=CC(O1)C1C(=O)N(Cc3ccccc3)C(=O)C12. The minimum Gasteiger partial charge on any atom is -0.422 e. The van der Waals surface area contributed by atoms with E-state index in [0.717, 1.165) is 5.56 Å². The third-order valence-corrected chi connectivity index (χ3v) is 5.27. The Morgan fingerprint density at radius 1 is 1.11 bits per heavy atom. The Morgan fingerprint density at radius 2 is 1.75 bits per heavy atom. The van der Waals surface area contributed by atoms with Crippen LogP contribution < -0.4 is 0 Å². The third kappa shape index (κ3) is 2.72. The second-order valence-corrected chi connectivity index (χ2v) is 7.10. The van der Waals surface area contributed by atoms with Crippen molar-refractivity contribution in [3.8, 4) is 0 Å². The van der Waals surface area contributed by atoms with Gasteiger partial charge in [-0.05, 0) is 11.6 Å². The van der Waals surface area contributed by atoms with Crippen molar-refractivity contribution in [1.29, 1.82) is 0 Å². The van der Waals surface area contributed by atoms with Crippen LogP contribution in [0.3, 0.4) is 0 Å². The predicted molar refractivity (Wildman–Crippen MR) is 93.0 cm³/mol. The Hall–Kier alpha value is -3.00. The van der Waals surface area contributed by atoms with Crippen molar-refractivity contribution in [3.63, 3.8) is 0 Å². The minimum atomic E-state index is -1.51. The number of nitrogens with zero attached hydrogens (tertiary/aromatic N) is 1. The van der Waals surface area contributed by atoms with Crippen LogP contribution in [-0.2, 0) is 39.9 Å². The monoisotopic (exact) mass is 385 g/mol. The summed E-state index contributed by atoms with van der Waals surface area (Å²) in [4.78, 5) is 50.5. The molecule has 3 heterocycles. The molecule has 2 bridgehead atoms. The molecule has 0 saturated carbocycles. The van der Waals surface area contributed by atoms with Gasteiger partial charge in [-0.2, -0.15) is 0 Å². The van der Waals surface area contributed by atoms with Crippen LogP contribution in [-0.4, -0.2) is 46.6 Å². The van der Waals surface area contributed by atoms with Gasteiger partial charge < -0.3 is 14.2 Å². The molecule has 0 radical (unpaired) electrons. The Morgan fingerprint density at radius 3 is 2.36 bits per heavy atom. The molecule has 1 aromatic rings. The van der Waals surface area contributed by atoms with Crippen LogP contribution in [0.2, 0.25) is 0 Å². The number of esters is 2. The maximum absolute atomic E-state index is 13.2. The lowest BCUT2D eigenvalue weighted by molar-refractivity contribution is -0.227. The number of carbonyl (C=O) groups excluding carboxylic acids is 4. The first-order valence-electron chi connectivity index (χ1n) is 8.94. The summed E-state index contributed by atoms with van der Waals surface area (Å²) in [6.45, 7) is 2.47. The maximum Gasteiger partial charge on any atom is 0.305 e. The number of ether oxygens (including phenoxy) is 3. The van der Waals surface area contributed by atoms with Gasteiger partial charge in [0, 0.05) is 13.8 Å². The first kappa shape index (κ1) is 18.4. The summed E-state index contributed by atoms with van der Waals surface area (Å²) in [5.41, 5.74) is -0.693. The zero-order valence-corrected chi connectivity index (χ0v) is 15.4. The topological polar surface area (TPSA) is 99.2 Å². The van der Waals surface area contributed by atoms with E-state index in [9.17, 15) is 19.2 Å². The average molecular weight is 385 g/mol. The molecule has 146 valence electrons. The zero-order chi connectivity index (χ0) is 20.1. The highest BCUT2D eigenvalue weighted by Gasteiger charge is 2.71. The number of rotatable bonds is 5. The molecule has 8 heteroatoms. The molecule has 2 saturated heterocycles. The summed E-state index contributed by atoms with van der Waals surface area (Å²) in [6, 6.07) is 9.16. The van der Waals surface area contributed by atoms with E-state index < -0.39 is 47.7 Å². The molecule has 3 aliphatic rings. The van der Waals surface area contributed by atoms with Crippen molar-refractivity contribution in [3.05, 3.63) is 48.0 Å². The van der Waals surface area contributed by atoms with Crippen molar-refractivity contribution < 1.29 is 33.4 Å². The molecular formula is C20H19NO7. The van der Waals surface area contributed by atoms with Crippen molar-refractivity contribution in [2.75, 3.05) is 0 Å². The fraction of sp³-hybridized carbons (Fsp3) is 0.400. The molecule has 0 spiro atoms. The highest BCUT2D eigenvalue weighted by atomic mass is 16.7. The Bertz CT molecular complexity index is 864. The van der Waals surface area contributed by atoms with E-state index in [1.54, 1.807) is 12.2 Å². The first-order chi connectivity index (χ1) is 13.3. The summed E-state index contributed by atoms with van der Waals surface area (Å²) >= 11 is 0. The fourth-order valence-electron chi connectivity index (χ4n) is 4.20. The van der Waals surface area contributed by atoms with Gasteiger partial charge in [-0.3, -0.25) is 24.1 Å². The van der Waals surface area contributed by atoms with Gasteiger partial charge in [-0.1, -0.05) is 36.4 Å². The molecule has 8 nitrogen and oxygen atoms in total. The summed E-state index contributed by atoms with van der Waals surface area (Å²) in [6.07, 6.45) is 1.12. The van der Waals surface area contributed by atoms with E-state index in [0.29, 0.717) is 0 Å². The lowest BCUT2D eigenvalue weighted by Gasteiger charge is -2.34. The molecule has 1 aromatic carbocycles. The quantitative estimate of drug-likeness (QED) is 0.322. The fourth-order valence-corrected chi connectivity index (χ4v) is 4.20. The van der Waals surface area contributed by atoms with Crippen LogP contribution in [0.25, 0.3) is 0 Å². The lowest BCUT2D eigenvalue weighted by atomic mass is 9.76. The number of likely N-dealkylation sites (tertiary alicyclic amines) is 1. The van der Waals surface area contributed by atoms with Crippen LogP contribution >= 0.6 is 0 Å². The van der Waals surface area contributed by atoms with Gasteiger partial charge >= 0.3 is 11.9 Å². The number of hydrogen-bond donors (Lipinski definition) is 0. The number of carbonyl (C=O) groups is 4. The van der Waals surface area contributed by atoms with Gasteiger partial charge in [-0.15, -0.1) is 0 Å². The number of fused-ring (bicyclic) bond motifs is 5. The molecule has 3 aliphatic heterocycles. The van der Waals surface area contributed by atoms with Crippen LogP contribution in [0.5, 0.6) is 0 Å².